The fraction of sp³-hybridized carbons (Fsp3) is 0.538. The molecule has 0 spiro atoms. The van der Waals surface area contributed by atoms with Gasteiger partial charge in [-0.1, -0.05) is 41.8 Å². The summed E-state index contributed by atoms with van der Waals surface area (Å²) >= 11 is 3.55. The molecule has 1 aromatic carbocycles. The average Bonchev–Trinajstić information content (AvgIpc) is 2.29. The molecular weight excluding hydrogens is 264 g/mol. The third-order valence-corrected chi connectivity index (χ3v) is 3.53. The van der Waals surface area contributed by atoms with Crippen molar-refractivity contribution in [3.63, 3.8) is 0 Å². The lowest BCUT2D eigenvalue weighted by atomic mass is 10.2. The largest absolute Gasteiger partial charge is 0.375 e. The minimum Gasteiger partial charge on any atom is -0.375 e. The van der Waals surface area contributed by atoms with E-state index in [1.807, 2.05) is 0 Å². The Morgan fingerprint density at radius 1 is 1.31 bits per heavy atom. The summed E-state index contributed by atoms with van der Waals surface area (Å²) < 4.78 is 1.11. The van der Waals surface area contributed by atoms with E-state index in [2.05, 4.69) is 53.0 Å². The van der Waals surface area contributed by atoms with E-state index < -0.39 is 0 Å². The molecule has 1 aromatic rings. The third-order valence-electron chi connectivity index (χ3n) is 2.79. The average molecular weight is 285 g/mol. The molecule has 0 heterocycles. The summed E-state index contributed by atoms with van der Waals surface area (Å²) in [6.45, 7) is 3.93. The van der Waals surface area contributed by atoms with Crippen LogP contribution < -0.4 is 10.6 Å². The van der Waals surface area contributed by atoms with Crippen molar-refractivity contribution in [1.82, 2.24) is 0 Å². The predicted molar refractivity (Wildman–Crippen MR) is 74.8 cm³/mol. The van der Waals surface area contributed by atoms with Gasteiger partial charge in [-0.15, -0.1) is 0 Å². The summed E-state index contributed by atoms with van der Waals surface area (Å²) in [5.41, 5.74) is 8.04. The highest BCUT2D eigenvalue weighted by atomic mass is 79.9. The number of benzene rings is 1. The number of rotatable bonds is 6. The molecule has 0 amide bonds. The van der Waals surface area contributed by atoms with Gasteiger partial charge in [0.1, 0.15) is 0 Å². The van der Waals surface area contributed by atoms with Gasteiger partial charge in [0.15, 0.2) is 0 Å². The lowest BCUT2D eigenvalue weighted by molar-refractivity contribution is 0.705. The van der Waals surface area contributed by atoms with E-state index >= 15 is 0 Å². The van der Waals surface area contributed by atoms with E-state index in [-0.39, 0.29) is 0 Å². The van der Waals surface area contributed by atoms with Gasteiger partial charge >= 0.3 is 0 Å². The van der Waals surface area contributed by atoms with Gasteiger partial charge in [-0.2, -0.15) is 0 Å². The number of halogens is 1. The van der Waals surface area contributed by atoms with E-state index in [0.29, 0.717) is 6.54 Å². The van der Waals surface area contributed by atoms with Gasteiger partial charge in [0, 0.05) is 30.3 Å². The molecule has 0 aliphatic rings. The molecule has 1 rings (SSSR count). The summed E-state index contributed by atoms with van der Waals surface area (Å²) in [5.74, 6) is 0. The monoisotopic (exact) mass is 284 g/mol. The standard InChI is InChI=1S/C13H21BrN2/c1-3-4-5-8-16(2)12-7-6-11(10-15)13(14)9-12/h6-7,9H,3-5,8,10,15H2,1-2H3. The van der Waals surface area contributed by atoms with E-state index in [0.717, 1.165) is 16.6 Å². The first kappa shape index (κ1) is 13.5. The molecule has 0 aliphatic heterocycles. The summed E-state index contributed by atoms with van der Waals surface area (Å²) in [6.07, 6.45) is 3.82. The van der Waals surface area contributed by atoms with E-state index in [1.165, 1.54) is 24.9 Å². The molecule has 2 N–H and O–H groups in total. The van der Waals surface area contributed by atoms with Crippen molar-refractivity contribution in [2.45, 2.75) is 32.7 Å². The normalized spacial score (nSPS) is 10.5. The van der Waals surface area contributed by atoms with Gasteiger partial charge in [-0.3, -0.25) is 0 Å². The maximum absolute atomic E-state index is 5.63. The predicted octanol–water partition coefficient (Wildman–Crippen LogP) is 3.53. The van der Waals surface area contributed by atoms with E-state index in [1.54, 1.807) is 0 Å². The Morgan fingerprint density at radius 2 is 2.06 bits per heavy atom. The molecule has 2 nitrogen and oxygen atoms in total. The van der Waals surface area contributed by atoms with Crippen LogP contribution in [0.1, 0.15) is 31.7 Å². The van der Waals surface area contributed by atoms with Crippen molar-refractivity contribution in [3.05, 3.63) is 28.2 Å². The molecule has 0 atom stereocenters. The van der Waals surface area contributed by atoms with Crippen LogP contribution in [0.2, 0.25) is 0 Å². The molecule has 16 heavy (non-hydrogen) atoms. The van der Waals surface area contributed by atoms with Crippen LogP contribution in [0.3, 0.4) is 0 Å². The first-order valence-electron chi connectivity index (χ1n) is 5.88. The van der Waals surface area contributed by atoms with Crippen molar-refractivity contribution >= 4 is 21.6 Å². The van der Waals surface area contributed by atoms with Crippen molar-refractivity contribution < 1.29 is 0 Å². The maximum atomic E-state index is 5.63. The molecule has 0 fully saturated rings. The van der Waals surface area contributed by atoms with Crippen LogP contribution >= 0.6 is 15.9 Å². The van der Waals surface area contributed by atoms with Gasteiger partial charge < -0.3 is 10.6 Å². The highest BCUT2D eigenvalue weighted by molar-refractivity contribution is 9.10. The molecule has 90 valence electrons. The second kappa shape index (κ2) is 6.92. The van der Waals surface area contributed by atoms with Crippen LogP contribution in [0.4, 0.5) is 5.69 Å². The highest BCUT2D eigenvalue weighted by Crippen LogP contribution is 2.23. The topological polar surface area (TPSA) is 29.3 Å². The zero-order valence-electron chi connectivity index (χ0n) is 10.2. The van der Waals surface area contributed by atoms with Crippen LogP contribution in [0, 0.1) is 0 Å². The fourth-order valence-electron chi connectivity index (χ4n) is 1.67. The minimum atomic E-state index is 0.584. The van der Waals surface area contributed by atoms with Gasteiger partial charge in [0.2, 0.25) is 0 Å². The quantitative estimate of drug-likeness (QED) is 0.810. The summed E-state index contributed by atoms with van der Waals surface area (Å²) in [6, 6.07) is 6.38. The second-order valence-corrected chi connectivity index (χ2v) is 4.96. The van der Waals surface area contributed by atoms with Crippen molar-refractivity contribution in [3.8, 4) is 0 Å². The molecule has 0 unspecified atom stereocenters. The number of unbranched alkanes of at least 4 members (excludes halogenated alkanes) is 2. The van der Waals surface area contributed by atoms with Gasteiger partial charge in [0.05, 0.1) is 0 Å². The Morgan fingerprint density at radius 3 is 2.62 bits per heavy atom. The van der Waals surface area contributed by atoms with Crippen LogP contribution in [-0.4, -0.2) is 13.6 Å². The zero-order valence-corrected chi connectivity index (χ0v) is 11.8. The summed E-state index contributed by atoms with van der Waals surface area (Å²) in [7, 11) is 2.14. The van der Waals surface area contributed by atoms with Crippen LogP contribution in [-0.2, 0) is 6.54 Å². The van der Waals surface area contributed by atoms with Gasteiger partial charge in [0.25, 0.3) is 0 Å². The molecule has 0 bridgehead atoms. The summed E-state index contributed by atoms with van der Waals surface area (Å²) in [4.78, 5) is 2.29. The SMILES string of the molecule is CCCCCN(C)c1ccc(CN)c(Br)c1. The molecule has 0 aromatic heterocycles. The van der Waals surface area contributed by atoms with Gasteiger partial charge in [-0.05, 0) is 24.1 Å². The first-order valence-corrected chi connectivity index (χ1v) is 6.68. The number of anilines is 1. The third kappa shape index (κ3) is 3.80. The fourth-order valence-corrected chi connectivity index (χ4v) is 2.20. The maximum Gasteiger partial charge on any atom is 0.0375 e. The first-order chi connectivity index (χ1) is 7.69. The van der Waals surface area contributed by atoms with Crippen molar-refractivity contribution in [2.75, 3.05) is 18.5 Å². The molecule has 0 radical (unpaired) electrons. The second-order valence-electron chi connectivity index (χ2n) is 4.11. The molecule has 3 heteroatoms. The lowest BCUT2D eigenvalue weighted by Gasteiger charge is -2.20. The number of hydrogen-bond acceptors (Lipinski definition) is 2. The van der Waals surface area contributed by atoms with Crippen LogP contribution in [0.25, 0.3) is 0 Å². The molecule has 0 aliphatic carbocycles. The number of nitrogens with two attached hydrogens (primary N) is 1. The molecule has 0 saturated heterocycles. The van der Waals surface area contributed by atoms with Crippen LogP contribution in [0.5, 0.6) is 0 Å². The van der Waals surface area contributed by atoms with Crippen molar-refractivity contribution in [2.24, 2.45) is 5.73 Å². The van der Waals surface area contributed by atoms with E-state index in [4.69, 9.17) is 5.73 Å². The van der Waals surface area contributed by atoms with E-state index in [9.17, 15) is 0 Å². The Bertz CT molecular complexity index is 326. The zero-order chi connectivity index (χ0) is 12.0. The molecular formula is C13H21BrN2. The lowest BCUT2D eigenvalue weighted by Crippen LogP contribution is -2.18. The highest BCUT2D eigenvalue weighted by Gasteiger charge is 2.03. The van der Waals surface area contributed by atoms with Crippen molar-refractivity contribution in [1.29, 1.82) is 0 Å². The van der Waals surface area contributed by atoms with Gasteiger partial charge in [-0.25, -0.2) is 0 Å². The number of hydrogen-bond donors (Lipinski definition) is 1. The Kier molecular flexibility index (Phi) is 5.85. The Labute approximate surface area is 107 Å². The smallest absolute Gasteiger partial charge is 0.0375 e. The molecule has 0 saturated carbocycles. The Hall–Kier alpha value is -0.540. The summed E-state index contributed by atoms with van der Waals surface area (Å²) in [5, 5.41) is 0. The Balaban J connectivity index is 2.62. The minimum absolute atomic E-state index is 0.584. The number of nitrogens with zero attached hydrogens (tertiary/aromatic N) is 1. The van der Waals surface area contributed by atoms with Crippen LogP contribution in [0.15, 0.2) is 22.7 Å².